The summed E-state index contributed by atoms with van der Waals surface area (Å²) in [4.78, 5) is 21.7. The van der Waals surface area contributed by atoms with E-state index in [1.807, 2.05) is 24.3 Å². The number of benzene rings is 1. The Morgan fingerprint density at radius 1 is 1.25 bits per heavy atom. The Labute approximate surface area is 94.0 Å². The first kappa shape index (κ1) is 12.0. The molecule has 0 atom stereocenters. The van der Waals surface area contributed by atoms with Crippen molar-refractivity contribution in [2.75, 3.05) is 11.9 Å². The molecule has 0 aliphatic rings. The van der Waals surface area contributed by atoms with E-state index in [1.165, 1.54) is 5.56 Å². The topological polar surface area (TPSA) is 84.2 Å². The smallest absolute Gasteiger partial charge is 0.319 e. The molecule has 0 fully saturated rings. The molecule has 1 aromatic rings. The monoisotopic (exact) mass is 221 g/mol. The molecule has 0 unspecified atom stereocenters. The number of aryl methyl sites for hydroxylation is 1. The van der Waals surface area contributed by atoms with Crippen molar-refractivity contribution in [3.8, 4) is 0 Å². The SMILES string of the molecule is CCc1ccc(NC(=O)NCC(N)=O)cc1. The van der Waals surface area contributed by atoms with Gasteiger partial charge in [0.15, 0.2) is 0 Å². The molecule has 0 bridgehead atoms. The average molecular weight is 221 g/mol. The van der Waals surface area contributed by atoms with Crippen molar-refractivity contribution in [2.24, 2.45) is 5.73 Å². The van der Waals surface area contributed by atoms with Crippen LogP contribution in [0.2, 0.25) is 0 Å². The van der Waals surface area contributed by atoms with Crippen molar-refractivity contribution in [1.29, 1.82) is 0 Å². The minimum absolute atomic E-state index is 0.168. The van der Waals surface area contributed by atoms with Crippen LogP contribution in [0.15, 0.2) is 24.3 Å². The number of anilines is 1. The number of carbonyl (C=O) groups excluding carboxylic acids is 2. The molecule has 0 aliphatic heterocycles. The summed E-state index contributed by atoms with van der Waals surface area (Å²) in [6.45, 7) is 1.89. The van der Waals surface area contributed by atoms with Crippen molar-refractivity contribution >= 4 is 17.6 Å². The maximum absolute atomic E-state index is 11.2. The molecule has 4 N–H and O–H groups in total. The molecule has 0 saturated heterocycles. The Hall–Kier alpha value is -2.04. The van der Waals surface area contributed by atoms with Gasteiger partial charge in [0, 0.05) is 5.69 Å². The Bertz CT molecular complexity index is 373. The average Bonchev–Trinajstić information content (AvgIpc) is 2.27. The lowest BCUT2D eigenvalue weighted by Gasteiger charge is -2.06. The molecule has 1 rings (SSSR count). The highest BCUT2D eigenvalue weighted by Gasteiger charge is 2.02. The number of hydrogen-bond donors (Lipinski definition) is 3. The van der Waals surface area contributed by atoms with E-state index >= 15 is 0 Å². The third-order valence-electron chi connectivity index (χ3n) is 2.04. The van der Waals surface area contributed by atoms with Crippen LogP contribution in [0.1, 0.15) is 12.5 Å². The molecule has 0 heterocycles. The Morgan fingerprint density at radius 3 is 2.38 bits per heavy atom. The predicted octanol–water partition coefficient (Wildman–Crippen LogP) is 0.856. The molecular formula is C11H15N3O2. The van der Waals surface area contributed by atoms with Crippen LogP contribution < -0.4 is 16.4 Å². The lowest BCUT2D eigenvalue weighted by molar-refractivity contribution is -0.117. The summed E-state index contributed by atoms with van der Waals surface area (Å²) in [6, 6.07) is 7.04. The number of amides is 3. The van der Waals surface area contributed by atoms with Crippen LogP contribution >= 0.6 is 0 Å². The second kappa shape index (κ2) is 5.75. The normalized spacial score (nSPS) is 9.56. The molecule has 86 valence electrons. The molecule has 5 heteroatoms. The van der Waals surface area contributed by atoms with Crippen LogP contribution in [0.5, 0.6) is 0 Å². The fourth-order valence-electron chi connectivity index (χ4n) is 1.17. The van der Waals surface area contributed by atoms with Gasteiger partial charge in [-0.15, -0.1) is 0 Å². The Morgan fingerprint density at radius 2 is 1.88 bits per heavy atom. The molecule has 0 saturated carbocycles. The van der Waals surface area contributed by atoms with Crippen LogP contribution in [0.25, 0.3) is 0 Å². The zero-order chi connectivity index (χ0) is 12.0. The van der Waals surface area contributed by atoms with Crippen LogP contribution in [-0.2, 0) is 11.2 Å². The highest BCUT2D eigenvalue weighted by molar-refractivity contribution is 5.91. The van der Waals surface area contributed by atoms with Gasteiger partial charge in [-0.1, -0.05) is 19.1 Å². The first-order chi connectivity index (χ1) is 7.61. The van der Waals surface area contributed by atoms with Gasteiger partial charge < -0.3 is 16.4 Å². The minimum atomic E-state index is -0.573. The molecule has 0 aliphatic carbocycles. The number of primary amides is 1. The fraction of sp³-hybridized carbons (Fsp3) is 0.273. The summed E-state index contributed by atoms with van der Waals surface area (Å²) in [6.07, 6.45) is 0.953. The highest BCUT2D eigenvalue weighted by atomic mass is 16.2. The molecule has 1 aromatic carbocycles. The zero-order valence-corrected chi connectivity index (χ0v) is 9.12. The van der Waals surface area contributed by atoms with Gasteiger partial charge in [0.1, 0.15) is 0 Å². The summed E-state index contributed by atoms with van der Waals surface area (Å²) < 4.78 is 0. The zero-order valence-electron chi connectivity index (χ0n) is 9.12. The molecular weight excluding hydrogens is 206 g/mol. The van der Waals surface area contributed by atoms with E-state index in [2.05, 4.69) is 17.6 Å². The van der Waals surface area contributed by atoms with Gasteiger partial charge in [0.2, 0.25) is 5.91 Å². The summed E-state index contributed by atoms with van der Waals surface area (Å²) in [5.74, 6) is -0.573. The highest BCUT2D eigenvalue weighted by Crippen LogP contribution is 2.09. The lowest BCUT2D eigenvalue weighted by Crippen LogP contribution is -2.36. The fourth-order valence-corrected chi connectivity index (χ4v) is 1.17. The van der Waals surface area contributed by atoms with Gasteiger partial charge in [-0.05, 0) is 24.1 Å². The lowest BCUT2D eigenvalue weighted by atomic mass is 10.1. The van der Waals surface area contributed by atoms with Gasteiger partial charge >= 0.3 is 6.03 Å². The van der Waals surface area contributed by atoms with Crippen LogP contribution in [0, 0.1) is 0 Å². The van der Waals surface area contributed by atoms with Gasteiger partial charge in [-0.3, -0.25) is 4.79 Å². The second-order valence-corrected chi connectivity index (χ2v) is 3.32. The predicted molar refractivity (Wildman–Crippen MR) is 62.0 cm³/mol. The summed E-state index contributed by atoms with van der Waals surface area (Å²) in [7, 11) is 0. The molecule has 5 nitrogen and oxygen atoms in total. The standard InChI is InChI=1S/C11H15N3O2/c1-2-8-3-5-9(6-4-8)14-11(16)13-7-10(12)15/h3-6H,2,7H2,1H3,(H2,12,15)(H2,13,14,16). The van der Waals surface area contributed by atoms with Gasteiger partial charge in [0.25, 0.3) is 0 Å². The Kier molecular flexibility index (Phi) is 4.32. The number of urea groups is 1. The van der Waals surface area contributed by atoms with Crippen molar-refractivity contribution in [2.45, 2.75) is 13.3 Å². The number of hydrogen-bond acceptors (Lipinski definition) is 2. The molecule has 3 amide bonds. The third kappa shape index (κ3) is 4.00. The first-order valence-electron chi connectivity index (χ1n) is 5.04. The molecule has 0 spiro atoms. The first-order valence-corrected chi connectivity index (χ1v) is 5.04. The number of nitrogens with one attached hydrogen (secondary N) is 2. The Balaban J connectivity index is 2.46. The third-order valence-corrected chi connectivity index (χ3v) is 2.04. The van der Waals surface area contributed by atoms with Crippen molar-refractivity contribution < 1.29 is 9.59 Å². The largest absolute Gasteiger partial charge is 0.368 e. The summed E-state index contributed by atoms with van der Waals surface area (Å²) in [5.41, 5.74) is 6.77. The molecule has 0 radical (unpaired) electrons. The van der Waals surface area contributed by atoms with E-state index in [0.717, 1.165) is 6.42 Å². The quantitative estimate of drug-likeness (QED) is 0.704. The van der Waals surface area contributed by atoms with E-state index in [9.17, 15) is 9.59 Å². The number of nitrogens with two attached hydrogens (primary N) is 1. The van der Waals surface area contributed by atoms with Crippen molar-refractivity contribution in [3.05, 3.63) is 29.8 Å². The van der Waals surface area contributed by atoms with Gasteiger partial charge in [-0.25, -0.2) is 4.79 Å². The number of carbonyl (C=O) groups is 2. The van der Waals surface area contributed by atoms with E-state index < -0.39 is 11.9 Å². The van der Waals surface area contributed by atoms with Gasteiger partial charge in [-0.2, -0.15) is 0 Å². The van der Waals surface area contributed by atoms with Crippen LogP contribution in [0.3, 0.4) is 0 Å². The van der Waals surface area contributed by atoms with Crippen molar-refractivity contribution in [1.82, 2.24) is 5.32 Å². The second-order valence-electron chi connectivity index (χ2n) is 3.32. The maximum Gasteiger partial charge on any atom is 0.319 e. The van der Waals surface area contributed by atoms with E-state index in [4.69, 9.17) is 5.73 Å². The van der Waals surface area contributed by atoms with Crippen LogP contribution in [0.4, 0.5) is 10.5 Å². The molecule has 0 aromatic heterocycles. The van der Waals surface area contributed by atoms with E-state index in [-0.39, 0.29) is 6.54 Å². The summed E-state index contributed by atoms with van der Waals surface area (Å²) in [5, 5.41) is 4.93. The summed E-state index contributed by atoms with van der Waals surface area (Å²) >= 11 is 0. The number of rotatable bonds is 4. The maximum atomic E-state index is 11.2. The van der Waals surface area contributed by atoms with E-state index in [0.29, 0.717) is 5.69 Å². The minimum Gasteiger partial charge on any atom is -0.368 e. The van der Waals surface area contributed by atoms with Crippen LogP contribution in [-0.4, -0.2) is 18.5 Å². The molecule has 16 heavy (non-hydrogen) atoms. The van der Waals surface area contributed by atoms with Gasteiger partial charge in [0.05, 0.1) is 6.54 Å². The van der Waals surface area contributed by atoms with Crippen molar-refractivity contribution in [3.63, 3.8) is 0 Å². The van der Waals surface area contributed by atoms with E-state index in [1.54, 1.807) is 0 Å².